The molecule has 5 aromatic rings. The number of carboxylic acids is 1. The summed E-state index contributed by atoms with van der Waals surface area (Å²) in [5.74, 6) is -0.740. The molecule has 9 nitrogen and oxygen atoms in total. The molecule has 0 unspecified atom stereocenters. The number of benzene rings is 2. The Bertz CT molecular complexity index is 1630. The van der Waals surface area contributed by atoms with Gasteiger partial charge < -0.3 is 9.67 Å². The summed E-state index contributed by atoms with van der Waals surface area (Å²) >= 11 is 0. The van der Waals surface area contributed by atoms with E-state index in [-0.39, 0.29) is 24.5 Å². The predicted molar refractivity (Wildman–Crippen MR) is 143 cm³/mol. The fourth-order valence-corrected chi connectivity index (χ4v) is 4.43. The number of aryl methyl sites for hydroxylation is 2. The highest BCUT2D eigenvalue weighted by Crippen LogP contribution is 2.30. The lowest BCUT2D eigenvalue weighted by molar-refractivity contribution is 0.0694. The van der Waals surface area contributed by atoms with Crippen LogP contribution in [-0.4, -0.2) is 41.3 Å². The van der Waals surface area contributed by atoms with Crippen molar-refractivity contribution in [2.75, 3.05) is 0 Å². The lowest BCUT2D eigenvalue weighted by Crippen LogP contribution is -2.27. The van der Waals surface area contributed by atoms with Crippen LogP contribution >= 0.6 is 12.4 Å². The zero-order valence-electron chi connectivity index (χ0n) is 20.3. The Labute approximate surface area is 218 Å². The number of aromatic amines is 1. The molecule has 3 aromatic heterocycles. The van der Waals surface area contributed by atoms with Crippen LogP contribution in [0, 0.1) is 0 Å². The number of hydrogen-bond acceptors (Lipinski definition) is 6. The summed E-state index contributed by atoms with van der Waals surface area (Å²) in [5, 5.41) is 24.7. The molecule has 2 aromatic carbocycles. The second kappa shape index (κ2) is 10.7. The van der Waals surface area contributed by atoms with Gasteiger partial charge in [-0.2, -0.15) is 5.21 Å². The van der Waals surface area contributed by atoms with Gasteiger partial charge in [0.15, 0.2) is 0 Å². The molecule has 0 fully saturated rings. The zero-order chi connectivity index (χ0) is 25.2. The summed E-state index contributed by atoms with van der Waals surface area (Å²) in [6.45, 7) is 4.22. The molecule has 0 atom stereocenters. The number of carboxylic acid groups (broad SMARTS) is 1. The minimum Gasteiger partial charge on any atom is -0.477 e. The first-order valence-electron chi connectivity index (χ1n) is 11.7. The molecule has 0 aliphatic rings. The van der Waals surface area contributed by atoms with Crippen LogP contribution in [0.3, 0.4) is 0 Å². The van der Waals surface area contributed by atoms with Crippen LogP contribution in [0.5, 0.6) is 0 Å². The first kappa shape index (κ1) is 25.7. The van der Waals surface area contributed by atoms with E-state index in [1.807, 2.05) is 68.4 Å². The largest absolute Gasteiger partial charge is 0.477 e. The van der Waals surface area contributed by atoms with Gasteiger partial charge in [0.25, 0.3) is 5.56 Å². The Morgan fingerprint density at radius 1 is 1.00 bits per heavy atom. The SMILES string of the molecule is CCc1cc2c(cc(C(=O)O)c(=O)n2Cc2ccc(-c3ccccc3-c3nn[nH]n3)cc2)c(CC)n1.Cl. The maximum atomic E-state index is 13.2. The first-order chi connectivity index (χ1) is 17.5. The third kappa shape index (κ3) is 4.85. The second-order valence-electron chi connectivity index (χ2n) is 8.43. The molecule has 0 saturated carbocycles. The van der Waals surface area contributed by atoms with Gasteiger partial charge in [0.05, 0.1) is 12.1 Å². The van der Waals surface area contributed by atoms with E-state index in [1.165, 1.54) is 6.07 Å². The molecule has 37 heavy (non-hydrogen) atoms. The lowest BCUT2D eigenvalue weighted by atomic mass is 9.98. The molecule has 0 radical (unpaired) electrons. The van der Waals surface area contributed by atoms with Crippen molar-refractivity contribution in [1.82, 2.24) is 30.2 Å². The van der Waals surface area contributed by atoms with Crippen molar-refractivity contribution in [2.24, 2.45) is 0 Å². The van der Waals surface area contributed by atoms with Crippen molar-refractivity contribution in [3.8, 4) is 22.5 Å². The first-order valence-corrected chi connectivity index (χ1v) is 11.7. The van der Waals surface area contributed by atoms with Gasteiger partial charge in [-0.3, -0.25) is 9.78 Å². The molecule has 0 saturated heterocycles. The molecule has 3 heterocycles. The van der Waals surface area contributed by atoms with Gasteiger partial charge in [-0.1, -0.05) is 62.4 Å². The molecule has 0 spiro atoms. The number of nitrogens with zero attached hydrogens (tertiary/aromatic N) is 5. The van der Waals surface area contributed by atoms with Crippen molar-refractivity contribution in [3.05, 3.63) is 93.5 Å². The van der Waals surface area contributed by atoms with Crippen molar-refractivity contribution >= 4 is 29.3 Å². The Kier molecular flexibility index (Phi) is 7.45. The zero-order valence-corrected chi connectivity index (χ0v) is 21.1. The fourth-order valence-electron chi connectivity index (χ4n) is 4.43. The number of fused-ring (bicyclic) bond motifs is 1. The van der Waals surface area contributed by atoms with E-state index in [4.69, 9.17) is 0 Å². The molecule has 2 N–H and O–H groups in total. The quantitative estimate of drug-likeness (QED) is 0.325. The maximum Gasteiger partial charge on any atom is 0.341 e. The van der Waals surface area contributed by atoms with Crippen LogP contribution in [0.1, 0.15) is 41.2 Å². The van der Waals surface area contributed by atoms with Gasteiger partial charge in [-0.05, 0) is 46.9 Å². The van der Waals surface area contributed by atoms with Gasteiger partial charge >= 0.3 is 5.97 Å². The van der Waals surface area contributed by atoms with Gasteiger partial charge in [0, 0.05) is 22.3 Å². The number of aromatic carboxylic acids is 1. The molecule has 188 valence electrons. The smallest absolute Gasteiger partial charge is 0.341 e. The Balaban J connectivity index is 0.00000320. The summed E-state index contributed by atoms with van der Waals surface area (Å²) in [6, 6.07) is 19.0. The molecular formula is C27H25ClN6O3. The maximum absolute atomic E-state index is 13.2. The monoisotopic (exact) mass is 516 g/mol. The average molecular weight is 517 g/mol. The summed E-state index contributed by atoms with van der Waals surface area (Å²) in [4.78, 5) is 29.8. The van der Waals surface area contributed by atoms with E-state index in [0.717, 1.165) is 33.6 Å². The van der Waals surface area contributed by atoms with Gasteiger partial charge in [0.2, 0.25) is 5.82 Å². The van der Waals surface area contributed by atoms with E-state index < -0.39 is 11.5 Å². The molecule has 0 bridgehead atoms. The van der Waals surface area contributed by atoms with Gasteiger partial charge in [-0.25, -0.2) is 4.79 Å². The third-order valence-corrected chi connectivity index (χ3v) is 6.27. The van der Waals surface area contributed by atoms with Crippen molar-refractivity contribution in [2.45, 2.75) is 33.2 Å². The highest BCUT2D eigenvalue weighted by Gasteiger charge is 2.18. The van der Waals surface area contributed by atoms with E-state index >= 15 is 0 Å². The van der Waals surface area contributed by atoms with Crippen LogP contribution in [-0.2, 0) is 19.4 Å². The number of H-pyrrole nitrogens is 1. The van der Waals surface area contributed by atoms with Crippen molar-refractivity contribution in [3.63, 3.8) is 0 Å². The van der Waals surface area contributed by atoms with Gasteiger partial charge in [0.1, 0.15) is 5.56 Å². The highest BCUT2D eigenvalue weighted by molar-refractivity contribution is 5.93. The summed E-state index contributed by atoms with van der Waals surface area (Å²) in [5.41, 5.74) is 5.19. The Hall–Kier alpha value is -4.37. The minimum atomic E-state index is -1.24. The van der Waals surface area contributed by atoms with Crippen LogP contribution in [0.25, 0.3) is 33.4 Å². The topological polar surface area (TPSA) is 127 Å². The van der Waals surface area contributed by atoms with Crippen LogP contribution in [0.4, 0.5) is 0 Å². The number of hydrogen-bond donors (Lipinski definition) is 2. The number of nitrogens with one attached hydrogen (secondary N) is 1. The number of pyridine rings is 2. The predicted octanol–water partition coefficient (Wildman–Crippen LogP) is 4.54. The van der Waals surface area contributed by atoms with Gasteiger partial charge in [-0.15, -0.1) is 22.6 Å². The molecule has 5 rings (SSSR count). The van der Waals surface area contributed by atoms with E-state index in [0.29, 0.717) is 29.6 Å². The van der Waals surface area contributed by atoms with Crippen molar-refractivity contribution < 1.29 is 9.90 Å². The molecule has 0 amide bonds. The summed E-state index contributed by atoms with van der Waals surface area (Å²) < 4.78 is 1.54. The van der Waals surface area contributed by atoms with Crippen LogP contribution < -0.4 is 5.56 Å². The van der Waals surface area contributed by atoms with E-state index in [2.05, 4.69) is 25.6 Å². The molecule has 0 aliphatic carbocycles. The van der Waals surface area contributed by atoms with Crippen LogP contribution in [0.15, 0.2) is 65.5 Å². The molecule has 0 aliphatic heterocycles. The number of tetrazole rings is 1. The third-order valence-electron chi connectivity index (χ3n) is 6.27. The second-order valence-corrected chi connectivity index (χ2v) is 8.43. The van der Waals surface area contributed by atoms with E-state index in [1.54, 1.807) is 4.57 Å². The standard InChI is InChI=1S/C27H24N6O3.ClH/c1-3-18-13-24-21(23(4-2)28-18)14-22(27(35)36)26(34)33(24)15-16-9-11-17(12-10-16)19-7-5-6-8-20(19)25-29-31-32-30-25;/h5-14H,3-4,15H2,1-2H3,(H,35,36)(H,29,30,31,32);1H. The normalized spacial score (nSPS) is 10.9. The van der Waals surface area contributed by atoms with Crippen LogP contribution in [0.2, 0.25) is 0 Å². The fraction of sp³-hybridized carbons (Fsp3) is 0.185. The minimum absolute atomic E-state index is 0. The molecular weight excluding hydrogens is 492 g/mol. The summed E-state index contributed by atoms with van der Waals surface area (Å²) in [6.07, 6.45) is 1.35. The molecule has 10 heteroatoms. The van der Waals surface area contributed by atoms with E-state index in [9.17, 15) is 14.7 Å². The van der Waals surface area contributed by atoms with Crippen molar-refractivity contribution in [1.29, 1.82) is 0 Å². The highest BCUT2D eigenvalue weighted by atomic mass is 35.5. The Morgan fingerprint density at radius 2 is 1.73 bits per heavy atom. The number of rotatable bonds is 7. The number of halogens is 1. The Morgan fingerprint density at radius 3 is 2.35 bits per heavy atom. The number of carbonyl (C=O) groups is 1. The average Bonchev–Trinajstić information content (AvgIpc) is 3.44. The number of aromatic nitrogens is 6. The lowest BCUT2D eigenvalue weighted by Gasteiger charge is -2.15. The summed E-state index contributed by atoms with van der Waals surface area (Å²) in [7, 11) is 0.